The number of hydrogen-bond donors (Lipinski definition) is 1. The van der Waals surface area contributed by atoms with Gasteiger partial charge in [-0.3, -0.25) is 9.80 Å². The van der Waals surface area contributed by atoms with Crippen LogP contribution >= 0.6 is 11.3 Å². The first-order chi connectivity index (χ1) is 12.9. The highest BCUT2D eigenvalue weighted by molar-refractivity contribution is 7.17. The Hall–Kier alpha value is -2.02. The second-order valence-corrected chi connectivity index (χ2v) is 8.49. The van der Waals surface area contributed by atoms with E-state index in [1.54, 1.807) is 16.2 Å². The molecule has 0 radical (unpaired) electrons. The number of amides is 4. The van der Waals surface area contributed by atoms with Crippen molar-refractivity contribution in [3.63, 3.8) is 0 Å². The Labute approximate surface area is 165 Å². The molecular formula is C20H30N4O2S. The van der Waals surface area contributed by atoms with Crippen molar-refractivity contribution < 1.29 is 9.59 Å². The molecule has 0 aromatic carbocycles. The van der Waals surface area contributed by atoms with Gasteiger partial charge in [-0.05, 0) is 31.7 Å². The molecule has 0 saturated carbocycles. The molecule has 1 atom stereocenters. The molecule has 0 aliphatic carbocycles. The number of hydrogen-bond acceptors (Lipinski definition) is 3. The van der Waals surface area contributed by atoms with Gasteiger partial charge >= 0.3 is 12.1 Å². The fourth-order valence-corrected chi connectivity index (χ4v) is 4.98. The number of carbonyl (C=O) groups is 2. The molecule has 1 aromatic heterocycles. The van der Waals surface area contributed by atoms with Crippen LogP contribution in [-0.2, 0) is 6.54 Å². The van der Waals surface area contributed by atoms with Crippen molar-refractivity contribution in [2.75, 3.05) is 31.1 Å². The third-order valence-electron chi connectivity index (χ3n) is 5.69. The molecule has 0 spiro atoms. The molecule has 1 N–H and O–H groups in total. The number of nitrogens with one attached hydrogen (secondary N) is 1. The van der Waals surface area contributed by atoms with Gasteiger partial charge in [0.25, 0.3) is 0 Å². The summed E-state index contributed by atoms with van der Waals surface area (Å²) >= 11 is 1.63. The highest BCUT2D eigenvalue weighted by atomic mass is 32.1. The summed E-state index contributed by atoms with van der Waals surface area (Å²) in [5.74, 6) is 0.579. The number of anilines is 1. The van der Waals surface area contributed by atoms with Gasteiger partial charge in [0.15, 0.2) is 0 Å². The van der Waals surface area contributed by atoms with Gasteiger partial charge < -0.3 is 10.2 Å². The summed E-state index contributed by atoms with van der Waals surface area (Å²) in [4.78, 5) is 31.7. The number of urea groups is 2. The van der Waals surface area contributed by atoms with Gasteiger partial charge in [-0.15, -0.1) is 11.3 Å². The van der Waals surface area contributed by atoms with E-state index in [0.29, 0.717) is 32.1 Å². The van der Waals surface area contributed by atoms with Crippen LogP contribution in [0.1, 0.15) is 49.6 Å². The second-order valence-electron chi connectivity index (χ2n) is 7.41. The fourth-order valence-electron chi connectivity index (χ4n) is 3.62. The topological polar surface area (TPSA) is 55.9 Å². The monoisotopic (exact) mass is 390 g/mol. The standard InChI is InChI=1S/C20H30N4O2S/c1-6-13(3)8-10-24-18-17(15(5)23(7-2)20(24)26)14(4)16(27-18)12-22-11-9-21-19(22)25/h13H,5-12H2,1-4H3,(H,21,25). The van der Waals surface area contributed by atoms with Gasteiger partial charge in [0.2, 0.25) is 0 Å². The third-order valence-corrected chi connectivity index (χ3v) is 6.99. The summed E-state index contributed by atoms with van der Waals surface area (Å²) < 4.78 is 0. The zero-order valence-corrected chi connectivity index (χ0v) is 17.6. The van der Waals surface area contributed by atoms with Crippen molar-refractivity contribution in [3.8, 4) is 0 Å². The summed E-state index contributed by atoms with van der Waals surface area (Å²) in [6, 6.07) is 0.00417. The lowest BCUT2D eigenvalue weighted by Crippen LogP contribution is -2.46. The summed E-state index contributed by atoms with van der Waals surface area (Å²) in [6.45, 7) is 16.0. The maximum Gasteiger partial charge on any atom is 0.329 e. The van der Waals surface area contributed by atoms with Crippen molar-refractivity contribution >= 4 is 34.1 Å². The SMILES string of the molecule is C=C1c2c(sc(CN3CCNC3=O)c2C)N(CCC(C)CC)C(=O)N1CC. The lowest BCUT2D eigenvalue weighted by molar-refractivity contribution is 0.216. The van der Waals surface area contributed by atoms with E-state index in [1.165, 1.54) is 0 Å². The predicted octanol–water partition coefficient (Wildman–Crippen LogP) is 4.25. The fraction of sp³-hybridized carbons (Fsp3) is 0.600. The van der Waals surface area contributed by atoms with Crippen LogP contribution in [0.4, 0.5) is 14.6 Å². The van der Waals surface area contributed by atoms with Crippen LogP contribution in [0.15, 0.2) is 6.58 Å². The average molecular weight is 391 g/mol. The van der Waals surface area contributed by atoms with Crippen molar-refractivity contribution in [1.82, 2.24) is 15.1 Å². The van der Waals surface area contributed by atoms with Crippen LogP contribution in [0.25, 0.3) is 5.70 Å². The Morgan fingerprint density at radius 1 is 1.26 bits per heavy atom. The number of fused-ring (bicyclic) bond motifs is 1. The Kier molecular flexibility index (Phi) is 5.79. The molecule has 3 heterocycles. The lowest BCUT2D eigenvalue weighted by atomic mass is 10.0. The smallest absolute Gasteiger partial charge is 0.329 e. The van der Waals surface area contributed by atoms with Gasteiger partial charge in [-0.2, -0.15) is 0 Å². The van der Waals surface area contributed by atoms with Gasteiger partial charge in [0.1, 0.15) is 5.00 Å². The molecule has 1 unspecified atom stereocenters. The number of thiophene rings is 1. The van der Waals surface area contributed by atoms with E-state index in [4.69, 9.17) is 0 Å². The first-order valence-corrected chi connectivity index (χ1v) is 10.6. The maximum absolute atomic E-state index is 13.1. The molecule has 0 bridgehead atoms. The molecule has 1 fully saturated rings. The van der Waals surface area contributed by atoms with E-state index in [9.17, 15) is 9.59 Å². The highest BCUT2D eigenvalue weighted by Crippen LogP contribution is 2.45. The quantitative estimate of drug-likeness (QED) is 0.757. The van der Waals surface area contributed by atoms with Crippen molar-refractivity contribution in [2.45, 2.75) is 47.1 Å². The number of rotatable bonds is 7. The molecule has 4 amide bonds. The molecular weight excluding hydrogens is 360 g/mol. The minimum Gasteiger partial charge on any atom is -0.336 e. The Morgan fingerprint density at radius 2 is 2.00 bits per heavy atom. The first kappa shape index (κ1) is 19.7. The van der Waals surface area contributed by atoms with E-state index >= 15 is 0 Å². The molecule has 27 heavy (non-hydrogen) atoms. The molecule has 6 nitrogen and oxygen atoms in total. The van der Waals surface area contributed by atoms with Crippen molar-refractivity contribution in [2.24, 2.45) is 5.92 Å². The van der Waals surface area contributed by atoms with Crippen LogP contribution in [0.2, 0.25) is 0 Å². The van der Waals surface area contributed by atoms with Crippen LogP contribution in [0.3, 0.4) is 0 Å². The number of carbonyl (C=O) groups excluding carboxylic acids is 2. The van der Waals surface area contributed by atoms with E-state index in [-0.39, 0.29) is 12.1 Å². The summed E-state index contributed by atoms with van der Waals surface area (Å²) in [5, 5.41) is 3.84. The normalized spacial score (nSPS) is 18.2. The Morgan fingerprint density at radius 3 is 2.59 bits per heavy atom. The average Bonchev–Trinajstić information content (AvgIpc) is 3.19. The van der Waals surface area contributed by atoms with Gasteiger partial charge in [-0.1, -0.05) is 26.8 Å². The van der Waals surface area contributed by atoms with Crippen molar-refractivity contribution in [3.05, 3.63) is 22.6 Å². The van der Waals surface area contributed by atoms with E-state index in [2.05, 4.69) is 32.7 Å². The first-order valence-electron chi connectivity index (χ1n) is 9.82. The zero-order chi connectivity index (χ0) is 19.7. The summed E-state index contributed by atoms with van der Waals surface area (Å²) in [7, 11) is 0. The number of nitrogens with zero attached hydrogens (tertiary/aromatic N) is 3. The van der Waals surface area contributed by atoms with E-state index in [1.807, 2.05) is 16.7 Å². The highest BCUT2D eigenvalue weighted by Gasteiger charge is 2.36. The van der Waals surface area contributed by atoms with E-state index < -0.39 is 0 Å². The Balaban J connectivity index is 1.95. The summed E-state index contributed by atoms with van der Waals surface area (Å²) in [6.07, 6.45) is 2.09. The minimum atomic E-state index is -0.0144. The van der Waals surface area contributed by atoms with E-state index in [0.717, 1.165) is 46.1 Å². The lowest BCUT2D eigenvalue weighted by Gasteiger charge is -2.36. The Bertz CT molecular complexity index is 757. The molecule has 7 heteroatoms. The molecule has 1 aromatic rings. The largest absolute Gasteiger partial charge is 0.336 e. The second kappa shape index (κ2) is 7.92. The van der Waals surface area contributed by atoms with Gasteiger partial charge in [-0.25, -0.2) is 9.59 Å². The zero-order valence-electron chi connectivity index (χ0n) is 16.8. The third kappa shape index (κ3) is 3.57. The molecule has 2 aliphatic rings. The van der Waals surface area contributed by atoms with Crippen LogP contribution in [0.5, 0.6) is 0 Å². The van der Waals surface area contributed by atoms with Crippen LogP contribution in [-0.4, -0.2) is 48.0 Å². The maximum atomic E-state index is 13.1. The van der Waals surface area contributed by atoms with Gasteiger partial charge in [0, 0.05) is 42.3 Å². The van der Waals surface area contributed by atoms with Crippen molar-refractivity contribution in [1.29, 1.82) is 0 Å². The van der Waals surface area contributed by atoms with Crippen LogP contribution in [0, 0.1) is 12.8 Å². The predicted molar refractivity (Wildman–Crippen MR) is 111 cm³/mol. The molecule has 3 rings (SSSR count). The molecule has 2 aliphatic heterocycles. The minimum absolute atomic E-state index is 0.0144. The van der Waals surface area contributed by atoms with Gasteiger partial charge in [0.05, 0.1) is 6.54 Å². The summed E-state index contributed by atoms with van der Waals surface area (Å²) in [5.41, 5.74) is 2.99. The molecule has 148 valence electrons. The molecule has 1 saturated heterocycles. The van der Waals surface area contributed by atoms with Crippen LogP contribution < -0.4 is 10.2 Å².